The van der Waals surface area contributed by atoms with E-state index in [1.165, 1.54) is 6.92 Å². The monoisotopic (exact) mass is 484 g/mol. The summed E-state index contributed by atoms with van der Waals surface area (Å²) in [4.78, 5) is 27.6. The molecule has 0 radical (unpaired) electrons. The Morgan fingerprint density at radius 1 is 1.34 bits per heavy atom. The summed E-state index contributed by atoms with van der Waals surface area (Å²) < 4.78 is 23.3. The van der Waals surface area contributed by atoms with Crippen LogP contribution in [-0.2, 0) is 30.9 Å². The van der Waals surface area contributed by atoms with E-state index in [1.807, 2.05) is 13.1 Å². The molecule has 0 aromatic heterocycles. The number of hydrogen-bond acceptors (Lipinski definition) is 9. The minimum Gasteiger partial charge on any atom is -0.493 e. The third-order valence-electron chi connectivity index (χ3n) is 8.75. The van der Waals surface area contributed by atoms with Crippen molar-refractivity contribution in [2.24, 2.45) is 0 Å². The zero-order valence-electron chi connectivity index (χ0n) is 20.3. The summed E-state index contributed by atoms with van der Waals surface area (Å²) in [7, 11) is 3.64. The molecule has 9 nitrogen and oxygen atoms in total. The molecule has 1 aromatic carbocycles. The maximum absolute atomic E-state index is 13.0. The van der Waals surface area contributed by atoms with Crippen molar-refractivity contribution in [3.8, 4) is 11.5 Å². The summed E-state index contributed by atoms with van der Waals surface area (Å²) >= 11 is 0. The van der Waals surface area contributed by atoms with E-state index in [0.717, 1.165) is 30.6 Å². The van der Waals surface area contributed by atoms with E-state index >= 15 is 0 Å². The van der Waals surface area contributed by atoms with Crippen LogP contribution in [0.2, 0.25) is 0 Å². The van der Waals surface area contributed by atoms with Gasteiger partial charge in [0, 0.05) is 18.0 Å². The summed E-state index contributed by atoms with van der Waals surface area (Å²) in [5.74, 6) is 0.477. The van der Waals surface area contributed by atoms with Gasteiger partial charge in [0.25, 0.3) is 0 Å². The third-order valence-corrected chi connectivity index (χ3v) is 8.75. The minimum absolute atomic E-state index is 0.0820. The number of aliphatic hydroxyl groups is 1. The summed E-state index contributed by atoms with van der Waals surface area (Å²) in [6.07, 6.45) is 3.33. The lowest BCUT2D eigenvalue weighted by Gasteiger charge is -2.61. The molecule has 6 atom stereocenters. The lowest BCUT2D eigenvalue weighted by atomic mass is 9.50. The van der Waals surface area contributed by atoms with Gasteiger partial charge in [0.2, 0.25) is 0 Å². The van der Waals surface area contributed by atoms with E-state index in [4.69, 9.17) is 18.9 Å². The average molecular weight is 485 g/mol. The zero-order chi connectivity index (χ0) is 24.5. The molecule has 2 aliphatic carbocycles. The normalized spacial score (nSPS) is 35.4. The molecule has 0 amide bonds. The van der Waals surface area contributed by atoms with Crippen LogP contribution in [0.1, 0.15) is 43.7 Å². The summed E-state index contributed by atoms with van der Waals surface area (Å²) in [6.45, 7) is 3.06. The Bertz CT molecular complexity index is 1110. The number of ether oxygens (including phenoxy) is 4. The topological polar surface area (TPSA) is 107 Å². The predicted octanol–water partition coefficient (Wildman–Crippen LogP) is 1.20. The van der Waals surface area contributed by atoms with Crippen molar-refractivity contribution < 1.29 is 33.6 Å². The molecule has 3 heterocycles. The standard InChI is InChI=1S/C26H32N2O7/c1-14(33-24(30)16-5-4-11-27-16)23(29)34-18-8-9-26(31)19-13-15-6-7-17(32-3)21-20(15)25(26,22(18)35-21)10-12-28(19)2/h6-8,14,16,19,22,27,31H,4-5,9-13H2,1-3H3/t14-,16?,19-,22-,25-,26+/m0/s1. The molecule has 1 spiro atoms. The molecule has 3 aliphatic heterocycles. The molecule has 9 heteroatoms. The quantitative estimate of drug-likeness (QED) is 0.596. The van der Waals surface area contributed by atoms with Gasteiger partial charge < -0.3 is 34.3 Å². The number of nitrogens with one attached hydrogen (secondary N) is 1. The van der Waals surface area contributed by atoms with Crippen LogP contribution < -0.4 is 14.8 Å². The third kappa shape index (κ3) is 3.04. The summed E-state index contributed by atoms with van der Waals surface area (Å²) in [5.41, 5.74) is 0.280. The average Bonchev–Trinajstić information content (AvgIpc) is 3.49. The highest BCUT2D eigenvalue weighted by atomic mass is 16.6. The molecule has 1 aromatic rings. The highest BCUT2D eigenvalue weighted by Crippen LogP contribution is 2.65. The lowest BCUT2D eigenvalue weighted by molar-refractivity contribution is -0.176. The van der Waals surface area contributed by atoms with Crippen molar-refractivity contribution >= 4 is 11.9 Å². The van der Waals surface area contributed by atoms with Gasteiger partial charge in [-0.25, -0.2) is 4.79 Å². The van der Waals surface area contributed by atoms with Crippen molar-refractivity contribution in [1.29, 1.82) is 0 Å². The van der Waals surface area contributed by atoms with E-state index in [9.17, 15) is 14.7 Å². The van der Waals surface area contributed by atoms with Crippen LogP contribution in [0.4, 0.5) is 0 Å². The van der Waals surface area contributed by atoms with E-state index in [0.29, 0.717) is 42.9 Å². The van der Waals surface area contributed by atoms with E-state index in [1.54, 1.807) is 13.2 Å². The second kappa shape index (κ2) is 7.94. The fourth-order valence-electron chi connectivity index (χ4n) is 6.98. The lowest BCUT2D eigenvalue weighted by Crippen LogP contribution is -2.74. The van der Waals surface area contributed by atoms with Crippen LogP contribution in [0, 0.1) is 0 Å². The first-order valence-electron chi connectivity index (χ1n) is 12.5. The van der Waals surface area contributed by atoms with Gasteiger partial charge in [-0.05, 0) is 70.5 Å². The summed E-state index contributed by atoms with van der Waals surface area (Å²) in [6, 6.07) is 3.49. The SMILES string of the molecule is COc1ccc2c3c1O[C@H]1C(OC(=O)[C@H](C)OC(=O)C4CCCN4)=CC[C@@]4(O)[C@H](C2)N(C)CC[C@]314. The number of hydrogen-bond donors (Lipinski definition) is 2. The highest BCUT2D eigenvalue weighted by Gasteiger charge is 2.72. The number of piperidine rings is 1. The second-order valence-electron chi connectivity index (χ2n) is 10.4. The Morgan fingerprint density at radius 3 is 2.91 bits per heavy atom. The first-order chi connectivity index (χ1) is 16.8. The molecule has 6 rings (SSSR count). The van der Waals surface area contributed by atoms with Gasteiger partial charge >= 0.3 is 11.9 Å². The minimum atomic E-state index is -1.07. The van der Waals surface area contributed by atoms with Gasteiger partial charge in [0.1, 0.15) is 11.8 Å². The Morgan fingerprint density at radius 2 is 2.17 bits per heavy atom. The zero-order valence-corrected chi connectivity index (χ0v) is 20.3. The molecule has 188 valence electrons. The maximum atomic E-state index is 13.0. The van der Waals surface area contributed by atoms with Crippen LogP contribution >= 0.6 is 0 Å². The molecule has 1 unspecified atom stereocenters. The highest BCUT2D eigenvalue weighted by molar-refractivity contribution is 5.82. The molecular weight excluding hydrogens is 452 g/mol. The number of rotatable bonds is 5. The summed E-state index contributed by atoms with van der Waals surface area (Å²) in [5, 5.41) is 15.3. The first-order valence-corrected chi connectivity index (χ1v) is 12.5. The van der Waals surface area contributed by atoms with E-state index < -0.39 is 35.2 Å². The van der Waals surface area contributed by atoms with Gasteiger partial charge in [-0.2, -0.15) is 0 Å². The van der Waals surface area contributed by atoms with Gasteiger partial charge in [-0.3, -0.25) is 4.79 Å². The molecule has 0 saturated carbocycles. The van der Waals surface area contributed by atoms with Crippen LogP contribution in [0.25, 0.3) is 0 Å². The Kier molecular flexibility index (Phi) is 5.18. The van der Waals surface area contributed by atoms with Crippen LogP contribution in [-0.4, -0.2) is 79.1 Å². The largest absolute Gasteiger partial charge is 0.493 e. The van der Waals surface area contributed by atoms with Gasteiger partial charge in [-0.1, -0.05) is 6.07 Å². The number of esters is 2. The van der Waals surface area contributed by atoms with Crippen molar-refractivity contribution in [1.82, 2.24) is 10.2 Å². The molecule has 5 aliphatic rings. The number of likely N-dealkylation sites (tertiary alicyclic amines) is 1. The van der Waals surface area contributed by atoms with Crippen molar-refractivity contribution in [2.75, 3.05) is 27.2 Å². The molecule has 2 fully saturated rings. The smallest absolute Gasteiger partial charge is 0.352 e. The first kappa shape index (κ1) is 22.8. The fourth-order valence-corrected chi connectivity index (χ4v) is 6.98. The second-order valence-corrected chi connectivity index (χ2v) is 10.4. The molecule has 2 saturated heterocycles. The maximum Gasteiger partial charge on any atom is 0.352 e. The van der Waals surface area contributed by atoms with Gasteiger partial charge in [0.15, 0.2) is 23.7 Å². The van der Waals surface area contributed by atoms with E-state index in [-0.39, 0.29) is 12.1 Å². The van der Waals surface area contributed by atoms with Crippen molar-refractivity contribution in [3.05, 3.63) is 35.1 Å². The Balaban J connectivity index is 1.32. The number of likely N-dealkylation sites (N-methyl/N-ethyl adjacent to an activating group) is 1. The Hall–Kier alpha value is -2.62. The Labute approximate surface area is 204 Å². The van der Waals surface area contributed by atoms with Crippen LogP contribution in [0.15, 0.2) is 24.0 Å². The van der Waals surface area contributed by atoms with Crippen LogP contribution in [0.5, 0.6) is 11.5 Å². The van der Waals surface area contributed by atoms with E-state index in [2.05, 4.69) is 16.3 Å². The van der Waals surface area contributed by atoms with Gasteiger partial charge in [-0.15, -0.1) is 0 Å². The number of methoxy groups -OCH3 is 1. The number of nitrogens with zero attached hydrogens (tertiary/aromatic N) is 1. The van der Waals surface area contributed by atoms with Crippen molar-refractivity contribution in [3.63, 3.8) is 0 Å². The molecule has 2 N–H and O–H groups in total. The number of carbonyl (C=O) groups excluding carboxylic acids is 2. The molecule has 35 heavy (non-hydrogen) atoms. The predicted molar refractivity (Wildman–Crippen MR) is 124 cm³/mol. The van der Waals surface area contributed by atoms with Crippen molar-refractivity contribution in [2.45, 2.75) is 74.3 Å². The van der Waals surface area contributed by atoms with Crippen LogP contribution in [0.3, 0.4) is 0 Å². The van der Waals surface area contributed by atoms with Gasteiger partial charge in [0.05, 0.1) is 18.1 Å². The molecule has 2 bridgehead atoms. The fraction of sp³-hybridized carbons (Fsp3) is 0.615. The molecular formula is C26H32N2O7. The number of carbonyl (C=O) groups is 2. The number of benzene rings is 1.